The number of nitrogens with zero attached hydrogens (tertiary/aromatic N) is 2. The van der Waals surface area contributed by atoms with E-state index in [1.54, 1.807) is 28.0 Å². The highest BCUT2D eigenvalue weighted by atomic mass is 32.1. The Morgan fingerprint density at radius 3 is 2.19 bits per heavy atom. The number of piperazine rings is 1. The highest BCUT2D eigenvalue weighted by Gasteiger charge is 2.26. The van der Waals surface area contributed by atoms with Gasteiger partial charge in [0.25, 0.3) is 11.8 Å². The summed E-state index contributed by atoms with van der Waals surface area (Å²) in [5.74, 6) is -1.13. The molecule has 2 aromatic carbocycles. The molecule has 0 radical (unpaired) electrons. The number of halogens is 2. The van der Waals surface area contributed by atoms with Gasteiger partial charge >= 0.3 is 0 Å². The van der Waals surface area contributed by atoms with Crippen molar-refractivity contribution in [3.63, 3.8) is 0 Å². The lowest BCUT2D eigenvalue weighted by atomic mass is 10.1. The van der Waals surface area contributed by atoms with Crippen LogP contribution in [0.3, 0.4) is 0 Å². The first-order chi connectivity index (χ1) is 13.0. The van der Waals surface area contributed by atoms with Gasteiger partial charge in [-0.1, -0.05) is 6.07 Å². The van der Waals surface area contributed by atoms with Crippen LogP contribution in [-0.4, -0.2) is 47.8 Å². The highest BCUT2D eigenvalue weighted by molar-refractivity contribution is 7.20. The molecule has 2 heterocycles. The fourth-order valence-electron chi connectivity index (χ4n) is 3.19. The lowest BCUT2D eigenvalue weighted by Crippen LogP contribution is -2.50. The molecule has 1 aliphatic rings. The largest absolute Gasteiger partial charge is 0.335 e. The highest BCUT2D eigenvalue weighted by Crippen LogP contribution is 2.27. The number of carbonyl (C=O) groups excluding carboxylic acids is 2. The maximum absolute atomic E-state index is 13.3. The van der Waals surface area contributed by atoms with Crippen molar-refractivity contribution < 1.29 is 18.4 Å². The Morgan fingerprint density at radius 1 is 0.815 bits per heavy atom. The number of hydrogen-bond donors (Lipinski definition) is 0. The minimum Gasteiger partial charge on any atom is -0.335 e. The fraction of sp³-hybridized carbons (Fsp3) is 0.200. The summed E-state index contributed by atoms with van der Waals surface area (Å²) in [6.45, 7) is 1.59. The molecular weight excluding hydrogens is 370 g/mol. The molecule has 27 heavy (non-hydrogen) atoms. The van der Waals surface area contributed by atoms with Crippen LogP contribution in [0.1, 0.15) is 20.0 Å². The first kappa shape index (κ1) is 17.6. The van der Waals surface area contributed by atoms with Crippen LogP contribution in [-0.2, 0) is 0 Å². The predicted molar refractivity (Wildman–Crippen MR) is 100.0 cm³/mol. The molecule has 0 saturated carbocycles. The number of benzene rings is 2. The third kappa shape index (κ3) is 3.55. The van der Waals surface area contributed by atoms with E-state index in [1.807, 2.05) is 0 Å². The van der Waals surface area contributed by atoms with Crippen molar-refractivity contribution in [3.05, 3.63) is 70.6 Å². The number of fused-ring (bicyclic) bond motifs is 1. The monoisotopic (exact) mass is 386 g/mol. The first-order valence-electron chi connectivity index (χ1n) is 8.54. The molecule has 2 amide bonds. The minimum absolute atomic E-state index is 0.116. The second-order valence-electron chi connectivity index (χ2n) is 6.39. The van der Waals surface area contributed by atoms with Crippen molar-refractivity contribution in [2.24, 2.45) is 0 Å². The number of amides is 2. The Balaban J connectivity index is 1.43. The zero-order chi connectivity index (χ0) is 19.0. The van der Waals surface area contributed by atoms with Crippen LogP contribution in [0.5, 0.6) is 0 Å². The van der Waals surface area contributed by atoms with Gasteiger partial charge in [0, 0.05) is 36.4 Å². The molecule has 4 nitrogen and oxygen atoms in total. The van der Waals surface area contributed by atoms with Crippen LogP contribution in [0.25, 0.3) is 10.1 Å². The summed E-state index contributed by atoms with van der Waals surface area (Å²) in [4.78, 5) is 29.1. The molecule has 1 aliphatic heterocycles. The van der Waals surface area contributed by atoms with Crippen molar-refractivity contribution in [2.75, 3.05) is 26.2 Å². The van der Waals surface area contributed by atoms with Gasteiger partial charge in [-0.3, -0.25) is 9.59 Å². The molecule has 3 aromatic rings. The zero-order valence-electron chi connectivity index (χ0n) is 14.3. The molecule has 0 bridgehead atoms. The second kappa shape index (κ2) is 7.08. The SMILES string of the molecule is O=C(c1cccc(F)c1)N1CCN(C(=O)c2cc3cc(F)ccc3s2)CC1. The van der Waals surface area contributed by atoms with Gasteiger partial charge in [0.1, 0.15) is 11.6 Å². The molecule has 1 fully saturated rings. The Labute approximate surface area is 158 Å². The van der Waals surface area contributed by atoms with Crippen molar-refractivity contribution in [1.82, 2.24) is 9.80 Å². The molecule has 4 rings (SSSR count). The molecule has 1 aromatic heterocycles. The smallest absolute Gasteiger partial charge is 0.264 e. The van der Waals surface area contributed by atoms with Gasteiger partial charge in [0.05, 0.1) is 4.88 Å². The summed E-state index contributed by atoms with van der Waals surface area (Å²) in [6.07, 6.45) is 0. The van der Waals surface area contributed by atoms with Gasteiger partial charge in [-0.15, -0.1) is 11.3 Å². The molecule has 1 saturated heterocycles. The van der Waals surface area contributed by atoms with Crippen LogP contribution in [0.2, 0.25) is 0 Å². The van der Waals surface area contributed by atoms with E-state index in [9.17, 15) is 18.4 Å². The minimum atomic E-state index is -0.448. The van der Waals surface area contributed by atoms with Gasteiger partial charge in [0.15, 0.2) is 0 Å². The molecule has 7 heteroatoms. The van der Waals surface area contributed by atoms with E-state index in [4.69, 9.17) is 0 Å². The standard InChI is InChI=1S/C20H16F2N2O2S/c21-15-3-1-2-13(10-15)19(25)23-6-8-24(9-7-23)20(26)18-12-14-11-16(22)4-5-17(14)27-18/h1-5,10-12H,6-9H2. The van der Waals surface area contributed by atoms with E-state index in [1.165, 1.54) is 41.7 Å². The van der Waals surface area contributed by atoms with E-state index >= 15 is 0 Å². The average molecular weight is 386 g/mol. The molecule has 0 aliphatic carbocycles. The zero-order valence-corrected chi connectivity index (χ0v) is 15.1. The Hall–Kier alpha value is -2.80. The van der Waals surface area contributed by atoms with E-state index in [0.717, 1.165) is 4.70 Å². The van der Waals surface area contributed by atoms with Crippen LogP contribution in [0.15, 0.2) is 48.5 Å². The molecule has 138 valence electrons. The predicted octanol–water partition coefficient (Wildman–Crippen LogP) is 3.78. The van der Waals surface area contributed by atoms with E-state index < -0.39 is 5.82 Å². The van der Waals surface area contributed by atoms with Gasteiger partial charge < -0.3 is 9.80 Å². The van der Waals surface area contributed by atoms with Gasteiger partial charge in [-0.25, -0.2) is 8.78 Å². The molecule has 0 spiro atoms. The summed E-state index contributed by atoms with van der Waals surface area (Å²) in [6, 6.07) is 11.8. The van der Waals surface area contributed by atoms with Gasteiger partial charge in [0.2, 0.25) is 0 Å². The quantitative estimate of drug-likeness (QED) is 0.673. The number of carbonyl (C=O) groups is 2. The van der Waals surface area contributed by atoms with Crippen LogP contribution >= 0.6 is 11.3 Å². The van der Waals surface area contributed by atoms with Crippen molar-refractivity contribution in [1.29, 1.82) is 0 Å². The Bertz CT molecular complexity index is 1030. The number of rotatable bonds is 2. The summed E-state index contributed by atoms with van der Waals surface area (Å²) >= 11 is 1.33. The van der Waals surface area contributed by atoms with Crippen molar-refractivity contribution >= 4 is 33.2 Å². The number of hydrogen-bond acceptors (Lipinski definition) is 3. The lowest BCUT2D eigenvalue weighted by molar-refractivity contribution is 0.0538. The van der Waals surface area contributed by atoms with E-state index in [0.29, 0.717) is 42.0 Å². The summed E-state index contributed by atoms with van der Waals surface area (Å²) in [7, 11) is 0. The maximum Gasteiger partial charge on any atom is 0.264 e. The van der Waals surface area contributed by atoms with Gasteiger partial charge in [-0.05, 0) is 47.9 Å². The molecule has 0 atom stereocenters. The molecule has 0 unspecified atom stereocenters. The van der Waals surface area contributed by atoms with Crippen LogP contribution in [0, 0.1) is 11.6 Å². The van der Waals surface area contributed by atoms with E-state index in [2.05, 4.69) is 0 Å². The first-order valence-corrected chi connectivity index (χ1v) is 9.36. The summed E-state index contributed by atoms with van der Waals surface area (Å²) < 4.78 is 27.5. The van der Waals surface area contributed by atoms with E-state index in [-0.39, 0.29) is 17.6 Å². The Kier molecular flexibility index (Phi) is 4.61. The normalized spacial score (nSPS) is 14.6. The van der Waals surface area contributed by atoms with Gasteiger partial charge in [-0.2, -0.15) is 0 Å². The average Bonchev–Trinajstić information content (AvgIpc) is 3.10. The van der Waals surface area contributed by atoms with Crippen molar-refractivity contribution in [2.45, 2.75) is 0 Å². The fourth-order valence-corrected chi connectivity index (χ4v) is 4.20. The van der Waals surface area contributed by atoms with Crippen LogP contribution < -0.4 is 0 Å². The van der Waals surface area contributed by atoms with Crippen LogP contribution in [0.4, 0.5) is 8.78 Å². The second-order valence-corrected chi connectivity index (χ2v) is 7.47. The molecular formula is C20H16F2N2O2S. The summed E-state index contributed by atoms with van der Waals surface area (Å²) in [5.41, 5.74) is 0.307. The Morgan fingerprint density at radius 2 is 1.48 bits per heavy atom. The third-order valence-corrected chi connectivity index (χ3v) is 5.72. The van der Waals surface area contributed by atoms with Crippen molar-refractivity contribution in [3.8, 4) is 0 Å². The lowest BCUT2D eigenvalue weighted by Gasteiger charge is -2.34. The summed E-state index contributed by atoms with van der Waals surface area (Å²) in [5, 5.41) is 0.711. The molecule has 0 N–H and O–H groups in total. The number of thiophene rings is 1. The topological polar surface area (TPSA) is 40.6 Å². The maximum atomic E-state index is 13.3. The third-order valence-electron chi connectivity index (χ3n) is 4.61.